The van der Waals surface area contributed by atoms with E-state index < -0.39 is 12.0 Å². The molecule has 1 N–H and O–H groups in total. The number of fused-ring (bicyclic) bond motifs is 1. The second-order valence-electron chi connectivity index (χ2n) is 7.72. The fraction of sp³-hybridized carbons (Fsp3) is 0.611. The number of likely N-dealkylation sites (tertiary alicyclic amines) is 2. The first-order chi connectivity index (χ1) is 13.0. The standard InChI is InChI=1S/C18H24N6O3/c1-2-6-23-12-18(11-14(23)17(26)27)4-8-22(9-5-18)16(25)13-3-7-24-15(10-13)19-20-21-24/h3,7,10,14H,2,4-6,8-9,11-12H2,1H3,(H,26,27)/t14-/m1/s1. The van der Waals surface area contributed by atoms with Crippen LogP contribution < -0.4 is 0 Å². The Bertz CT molecular complexity index is 858. The number of pyridine rings is 1. The highest BCUT2D eigenvalue weighted by atomic mass is 16.4. The molecule has 2 aromatic rings. The minimum atomic E-state index is -0.728. The first-order valence-corrected chi connectivity index (χ1v) is 9.45. The van der Waals surface area contributed by atoms with Crippen LogP contribution in [0.5, 0.6) is 0 Å². The zero-order valence-corrected chi connectivity index (χ0v) is 15.4. The Morgan fingerprint density at radius 3 is 2.81 bits per heavy atom. The van der Waals surface area contributed by atoms with Crippen molar-refractivity contribution in [3.8, 4) is 0 Å². The summed E-state index contributed by atoms with van der Waals surface area (Å²) in [6, 6.07) is 3.04. The number of carboxylic acids is 1. The van der Waals surface area contributed by atoms with Crippen molar-refractivity contribution in [1.82, 2.24) is 29.8 Å². The number of piperidine rings is 1. The van der Waals surface area contributed by atoms with Gasteiger partial charge < -0.3 is 10.0 Å². The lowest BCUT2D eigenvalue weighted by Gasteiger charge is -2.39. The molecule has 0 bridgehead atoms. The molecule has 0 aliphatic carbocycles. The second kappa shape index (κ2) is 6.88. The van der Waals surface area contributed by atoms with Gasteiger partial charge in [0.2, 0.25) is 0 Å². The Labute approximate surface area is 156 Å². The maximum absolute atomic E-state index is 12.9. The molecule has 0 aromatic carbocycles. The molecule has 2 aromatic heterocycles. The molecule has 0 unspecified atom stereocenters. The van der Waals surface area contributed by atoms with Crippen LogP contribution >= 0.6 is 0 Å². The lowest BCUT2D eigenvalue weighted by Crippen LogP contribution is -2.44. The van der Waals surface area contributed by atoms with E-state index in [0.29, 0.717) is 30.7 Å². The number of aromatic nitrogens is 4. The van der Waals surface area contributed by atoms with Crippen LogP contribution in [-0.4, -0.2) is 79.0 Å². The highest BCUT2D eigenvalue weighted by Crippen LogP contribution is 2.43. The van der Waals surface area contributed by atoms with Crippen LogP contribution in [-0.2, 0) is 4.79 Å². The number of rotatable bonds is 4. The van der Waals surface area contributed by atoms with Gasteiger partial charge in [0, 0.05) is 31.4 Å². The minimum absolute atomic E-state index is 0.00981. The fourth-order valence-electron chi connectivity index (χ4n) is 4.51. The van der Waals surface area contributed by atoms with Gasteiger partial charge in [-0.15, -0.1) is 5.10 Å². The number of carboxylic acid groups (broad SMARTS) is 1. The molecular formula is C18H24N6O3. The Kier molecular flexibility index (Phi) is 4.55. The van der Waals surface area contributed by atoms with Crippen LogP contribution in [0.1, 0.15) is 43.0 Å². The van der Waals surface area contributed by atoms with Gasteiger partial charge in [-0.2, -0.15) is 0 Å². The molecular weight excluding hydrogens is 348 g/mol. The molecule has 4 heterocycles. The number of aliphatic carboxylic acids is 1. The van der Waals surface area contributed by atoms with Gasteiger partial charge in [-0.1, -0.05) is 6.92 Å². The molecule has 2 fully saturated rings. The molecule has 9 heteroatoms. The van der Waals surface area contributed by atoms with Crippen molar-refractivity contribution in [3.05, 3.63) is 23.9 Å². The van der Waals surface area contributed by atoms with E-state index in [-0.39, 0.29) is 11.3 Å². The number of amides is 1. The molecule has 9 nitrogen and oxygen atoms in total. The van der Waals surface area contributed by atoms with Crippen molar-refractivity contribution in [3.63, 3.8) is 0 Å². The third-order valence-electron chi connectivity index (χ3n) is 5.96. The summed E-state index contributed by atoms with van der Waals surface area (Å²) in [6.45, 7) is 5.01. The number of hydrogen-bond donors (Lipinski definition) is 1. The highest BCUT2D eigenvalue weighted by molar-refractivity contribution is 5.95. The molecule has 1 spiro atoms. The molecule has 0 radical (unpaired) electrons. The molecule has 1 amide bonds. The molecule has 2 aliphatic rings. The van der Waals surface area contributed by atoms with Crippen LogP contribution in [0.2, 0.25) is 0 Å². The van der Waals surface area contributed by atoms with Crippen LogP contribution in [0.25, 0.3) is 5.65 Å². The molecule has 1 atom stereocenters. The van der Waals surface area contributed by atoms with Gasteiger partial charge in [0.15, 0.2) is 5.65 Å². The average Bonchev–Trinajstić information content (AvgIpc) is 3.26. The molecule has 4 rings (SSSR count). The minimum Gasteiger partial charge on any atom is -0.480 e. The maximum Gasteiger partial charge on any atom is 0.320 e. The van der Waals surface area contributed by atoms with Gasteiger partial charge >= 0.3 is 5.97 Å². The van der Waals surface area contributed by atoms with Gasteiger partial charge in [0.1, 0.15) is 6.04 Å². The van der Waals surface area contributed by atoms with E-state index in [9.17, 15) is 14.7 Å². The smallest absolute Gasteiger partial charge is 0.320 e. The Morgan fingerprint density at radius 1 is 1.33 bits per heavy atom. The lowest BCUT2D eigenvalue weighted by molar-refractivity contribution is -0.142. The summed E-state index contributed by atoms with van der Waals surface area (Å²) >= 11 is 0. The van der Waals surface area contributed by atoms with E-state index in [4.69, 9.17) is 0 Å². The van der Waals surface area contributed by atoms with E-state index in [0.717, 1.165) is 32.4 Å². The second-order valence-corrected chi connectivity index (χ2v) is 7.72. The fourth-order valence-corrected chi connectivity index (χ4v) is 4.51. The van der Waals surface area contributed by atoms with Crippen molar-refractivity contribution in [2.24, 2.45) is 5.41 Å². The van der Waals surface area contributed by atoms with Crippen molar-refractivity contribution < 1.29 is 14.7 Å². The Balaban J connectivity index is 1.43. The zero-order valence-electron chi connectivity index (χ0n) is 15.4. The molecule has 27 heavy (non-hydrogen) atoms. The largest absolute Gasteiger partial charge is 0.480 e. The van der Waals surface area contributed by atoms with E-state index in [1.165, 1.54) is 4.52 Å². The molecule has 144 valence electrons. The highest BCUT2D eigenvalue weighted by Gasteiger charge is 2.48. The maximum atomic E-state index is 12.9. The van der Waals surface area contributed by atoms with E-state index in [1.54, 1.807) is 18.3 Å². The topological polar surface area (TPSA) is 104 Å². The monoisotopic (exact) mass is 372 g/mol. The summed E-state index contributed by atoms with van der Waals surface area (Å²) in [4.78, 5) is 28.4. The third-order valence-corrected chi connectivity index (χ3v) is 5.96. The Hall–Kier alpha value is -2.55. The predicted molar refractivity (Wildman–Crippen MR) is 96.3 cm³/mol. The first kappa shape index (κ1) is 17.8. The SMILES string of the molecule is CCCN1CC2(CCN(C(=O)c3ccn4nnnc4c3)CC2)C[C@@H]1C(=O)O. The van der Waals surface area contributed by atoms with Crippen LogP contribution in [0.15, 0.2) is 18.3 Å². The summed E-state index contributed by atoms with van der Waals surface area (Å²) < 4.78 is 1.52. The molecule has 0 saturated carbocycles. The lowest BCUT2D eigenvalue weighted by atomic mass is 9.76. The number of carbonyl (C=O) groups excluding carboxylic acids is 1. The van der Waals surface area contributed by atoms with Gasteiger partial charge in [-0.3, -0.25) is 14.5 Å². The summed E-state index contributed by atoms with van der Waals surface area (Å²) in [5, 5.41) is 20.8. The average molecular weight is 372 g/mol. The summed E-state index contributed by atoms with van der Waals surface area (Å²) in [5.41, 5.74) is 1.14. The van der Waals surface area contributed by atoms with E-state index in [2.05, 4.69) is 27.3 Å². The third kappa shape index (κ3) is 3.27. The summed E-state index contributed by atoms with van der Waals surface area (Å²) in [6.07, 6.45) is 5.01. The first-order valence-electron chi connectivity index (χ1n) is 9.45. The predicted octanol–water partition coefficient (Wildman–Crippen LogP) is 0.916. The van der Waals surface area contributed by atoms with E-state index in [1.807, 2.05) is 4.90 Å². The summed E-state index contributed by atoms with van der Waals surface area (Å²) in [5.74, 6) is -0.748. The van der Waals surface area contributed by atoms with Gasteiger partial charge in [0.05, 0.1) is 0 Å². The molecule has 2 aliphatic heterocycles. The van der Waals surface area contributed by atoms with Crippen molar-refractivity contribution in [2.45, 2.75) is 38.6 Å². The summed E-state index contributed by atoms with van der Waals surface area (Å²) in [7, 11) is 0. The van der Waals surface area contributed by atoms with Crippen LogP contribution in [0.4, 0.5) is 0 Å². The van der Waals surface area contributed by atoms with E-state index >= 15 is 0 Å². The van der Waals surface area contributed by atoms with Crippen molar-refractivity contribution in [1.29, 1.82) is 0 Å². The number of hydrogen-bond acceptors (Lipinski definition) is 6. The van der Waals surface area contributed by atoms with Gasteiger partial charge in [-0.25, -0.2) is 4.52 Å². The quantitative estimate of drug-likeness (QED) is 0.851. The molecule has 2 saturated heterocycles. The Morgan fingerprint density at radius 2 is 2.11 bits per heavy atom. The van der Waals surface area contributed by atoms with Gasteiger partial charge in [0.25, 0.3) is 5.91 Å². The number of nitrogens with zero attached hydrogens (tertiary/aromatic N) is 6. The van der Waals surface area contributed by atoms with Crippen molar-refractivity contribution in [2.75, 3.05) is 26.2 Å². The number of tetrazole rings is 1. The van der Waals surface area contributed by atoms with Gasteiger partial charge in [-0.05, 0) is 60.2 Å². The number of carbonyl (C=O) groups is 2. The normalized spacial score (nSPS) is 22.6. The zero-order chi connectivity index (χ0) is 19.0. The van der Waals surface area contributed by atoms with Crippen LogP contribution in [0, 0.1) is 5.41 Å². The van der Waals surface area contributed by atoms with Crippen LogP contribution in [0.3, 0.4) is 0 Å². The van der Waals surface area contributed by atoms with Crippen molar-refractivity contribution >= 4 is 17.5 Å².